The monoisotopic (exact) mass is 274 g/mol. The summed E-state index contributed by atoms with van der Waals surface area (Å²) in [5.74, 6) is -0.998. The molecule has 0 aromatic carbocycles. The summed E-state index contributed by atoms with van der Waals surface area (Å²) in [6.07, 6.45) is 1.39. The first-order chi connectivity index (χ1) is 8.26. The number of hydrogen-bond acceptors (Lipinski definition) is 4. The van der Waals surface area contributed by atoms with Crippen molar-refractivity contribution in [3.8, 4) is 0 Å². The number of rotatable bonds is 6. The minimum Gasteiger partial charge on any atom is -0.478 e. The zero-order valence-electron chi connectivity index (χ0n) is 10.8. The van der Waals surface area contributed by atoms with Gasteiger partial charge in [0.15, 0.2) is 9.84 Å². The minimum atomic E-state index is -3.07. The van der Waals surface area contributed by atoms with Crippen molar-refractivity contribution in [3.63, 3.8) is 0 Å². The van der Waals surface area contributed by atoms with E-state index in [2.05, 4.69) is 5.10 Å². The number of aromatic nitrogens is 2. The van der Waals surface area contributed by atoms with Crippen LogP contribution < -0.4 is 0 Å². The molecule has 1 aromatic rings. The number of carbonyl (C=O) groups is 1. The Labute approximate surface area is 107 Å². The first-order valence-electron chi connectivity index (χ1n) is 5.78. The van der Waals surface area contributed by atoms with Crippen LogP contribution in [-0.4, -0.2) is 40.8 Å². The predicted octanol–water partition coefficient (Wildman–Crippen LogP) is 1.14. The molecule has 0 bridgehead atoms. The third kappa shape index (κ3) is 3.56. The summed E-state index contributed by atoms with van der Waals surface area (Å²) in [5, 5.41) is 13.2. The first-order valence-corrected chi connectivity index (χ1v) is 7.60. The van der Waals surface area contributed by atoms with E-state index < -0.39 is 15.8 Å². The van der Waals surface area contributed by atoms with Gasteiger partial charge in [-0.1, -0.05) is 20.8 Å². The maximum absolute atomic E-state index is 11.4. The normalized spacial score (nSPS) is 12.0. The highest BCUT2D eigenvalue weighted by molar-refractivity contribution is 7.91. The van der Waals surface area contributed by atoms with E-state index in [-0.39, 0.29) is 29.5 Å². The van der Waals surface area contributed by atoms with Crippen molar-refractivity contribution in [2.24, 2.45) is 0 Å². The molecule has 1 heterocycles. The predicted molar refractivity (Wildman–Crippen MR) is 67.6 cm³/mol. The quantitative estimate of drug-likeness (QED) is 0.840. The highest BCUT2D eigenvalue weighted by Crippen LogP contribution is 2.17. The fourth-order valence-corrected chi connectivity index (χ4v) is 2.27. The molecule has 1 aromatic heterocycles. The van der Waals surface area contributed by atoms with Gasteiger partial charge in [-0.05, 0) is 5.92 Å². The lowest BCUT2D eigenvalue weighted by Crippen LogP contribution is -2.15. The molecular weight excluding hydrogens is 256 g/mol. The standard InChI is InChI=1S/C11H18N2O4S/c1-4-18(16,17)6-5-13-7-9(11(14)15)10(12-13)8(2)3/h7-8H,4-6H2,1-3H3,(H,14,15). The molecule has 0 saturated heterocycles. The average molecular weight is 274 g/mol. The highest BCUT2D eigenvalue weighted by atomic mass is 32.2. The van der Waals surface area contributed by atoms with Crippen LogP contribution in [0.3, 0.4) is 0 Å². The van der Waals surface area contributed by atoms with Crippen LogP contribution in [0.15, 0.2) is 6.20 Å². The third-order valence-corrected chi connectivity index (χ3v) is 4.32. The molecule has 1 rings (SSSR count). The molecule has 0 fully saturated rings. The summed E-state index contributed by atoms with van der Waals surface area (Å²) < 4.78 is 24.1. The smallest absolute Gasteiger partial charge is 0.339 e. The summed E-state index contributed by atoms with van der Waals surface area (Å²) in [6.45, 7) is 5.47. The van der Waals surface area contributed by atoms with Crippen molar-refractivity contribution in [1.29, 1.82) is 0 Å². The zero-order chi connectivity index (χ0) is 13.9. The van der Waals surface area contributed by atoms with Gasteiger partial charge in [-0.25, -0.2) is 13.2 Å². The lowest BCUT2D eigenvalue weighted by atomic mass is 10.1. The molecular formula is C11H18N2O4S. The molecule has 0 aliphatic rings. The Balaban J connectivity index is 2.92. The number of nitrogens with zero attached hydrogens (tertiary/aromatic N) is 2. The van der Waals surface area contributed by atoms with Crippen molar-refractivity contribution in [2.45, 2.75) is 33.2 Å². The summed E-state index contributed by atoms with van der Waals surface area (Å²) in [4.78, 5) is 11.0. The lowest BCUT2D eigenvalue weighted by Gasteiger charge is -2.02. The molecule has 6 nitrogen and oxygen atoms in total. The molecule has 0 spiro atoms. The Kier molecular flexibility index (Phi) is 4.50. The molecule has 0 saturated carbocycles. The van der Waals surface area contributed by atoms with Gasteiger partial charge in [0.05, 0.1) is 18.0 Å². The molecule has 18 heavy (non-hydrogen) atoms. The Morgan fingerprint density at radius 3 is 2.50 bits per heavy atom. The Hall–Kier alpha value is -1.37. The highest BCUT2D eigenvalue weighted by Gasteiger charge is 2.18. The van der Waals surface area contributed by atoms with Crippen molar-refractivity contribution >= 4 is 15.8 Å². The van der Waals surface area contributed by atoms with Crippen LogP contribution in [0.5, 0.6) is 0 Å². The van der Waals surface area contributed by atoms with Gasteiger partial charge >= 0.3 is 5.97 Å². The van der Waals surface area contributed by atoms with Gasteiger partial charge in [-0.2, -0.15) is 5.10 Å². The van der Waals surface area contributed by atoms with E-state index in [1.807, 2.05) is 13.8 Å². The molecule has 0 unspecified atom stereocenters. The van der Waals surface area contributed by atoms with E-state index >= 15 is 0 Å². The van der Waals surface area contributed by atoms with Gasteiger partial charge in [-0.3, -0.25) is 4.68 Å². The van der Waals surface area contributed by atoms with Crippen molar-refractivity contribution < 1.29 is 18.3 Å². The van der Waals surface area contributed by atoms with E-state index in [1.165, 1.54) is 10.9 Å². The van der Waals surface area contributed by atoms with Crippen LogP contribution in [0.4, 0.5) is 0 Å². The zero-order valence-corrected chi connectivity index (χ0v) is 11.6. The van der Waals surface area contributed by atoms with Crippen LogP contribution in [0.25, 0.3) is 0 Å². The van der Waals surface area contributed by atoms with Crippen LogP contribution in [0.1, 0.15) is 42.7 Å². The molecule has 7 heteroatoms. The maximum atomic E-state index is 11.4. The molecule has 0 aliphatic heterocycles. The van der Waals surface area contributed by atoms with Gasteiger partial charge in [0.1, 0.15) is 5.56 Å². The largest absolute Gasteiger partial charge is 0.478 e. The second-order valence-electron chi connectivity index (χ2n) is 4.39. The molecule has 1 N–H and O–H groups in total. The van der Waals surface area contributed by atoms with Gasteiger partial charge < -0.3 is 5.11 Å². The van der Waals surface area contributed by atoms with E-state index in [4.69, 9.17) is 5.11 Å². The van der Waals surface area contributed by atoms with Gasteiger partial charge in [0.2, 0.25) is 0 Å². The van der Waals surface area contributed by atoms with E-state index in [0.29, 0.717) is 5.69 Å². The minimum absolute atomic E-state index is 0.0138. The molecule has 0 atom stereocenters. The summed E-state index contributed by atoms with van der Waals surface area (Å²) >= 11 is 0. The first kappa shape index (κ1) is 14.7. The van der Waals surface area contributed by atoms with Crippen LogP contribution in [-0.2, 0) is 16.4 Å². The van der Waals surface area contributed by atoms with Crippen LogP contribution >= 0.6 is 0 Å². The SMILES string of the molecule is CCS(=O)(=O)CCn1cc(C(=O)O)c(C(C)C)n1. The molecule has 0 amide bonds. The number of carboxylic acid groups (broad SMARTS) is 1. The Morgan fingerprint density at radius 2 is 2.11 bits per heavy atom. The van der Waals surface area contributed by atoms with Crippen LogP contribution in [0, 0.1) is 0 Å². The Bertz CT molecular complexity index is 531. The molecule has 102 valence electrons. The van der Waals surface area contributed by atoms with Gasteiger partial charge in [0.25, 0.3) is 0 Å². The van der Waals surface area contributed by atoms with Crippen molar-refractivity contribution in [2.75, 3.05) is 11.5 Å². The number of hydrogen-bond donors (Lipinski definition) is 1. The fraction of sp³-hybridized carbons (Fsp3) is 0.636. The van der Waals surface area contributed by atoms with Gasteiger partial charge in [0, 0.05) is 11.9 Å². The number of aryl methyl sites for hydroxylation is 1. The number of aromatic carboxylic acids is 1. The number of sulfone groups is 1. The Morgan fingerprint density at radius 1 is 1.50 bits per heavy atom. The van der Waals surface area contributed by atoms with Crippen LogP contribution in [0.2, 0.25) is 0 Å². The topological polar surface area (TPSA) is 89.3 Å². The lowest BCUT2D eigenvalue weighted by molar-refractivity contribution is 0.0695. The second-order valence-corrected chi connectivity index (χ2v) is 6.86. The van der Waals surface area contributed by atoms with Crippen molar-refractivity contribution in [3.05, 3.63) is 17.5 Å². The maximum Gasteiger partial charge on any atom is 0.339 e. The van der Waals surface area contributed by atoms with Crippen molar-refractivity contribution in [1.82, 2.24) is 9.78 Å². The average Bonchev–Trinajstić information content (AvgIpc) is 2.71. The fourth-order valence-electron chi connectivity index (χ4n) is 1.52. The molecule has 0 aliphatic carbocycles. The van der Waals surface area contributed by atoms with Gasteiger partial charge in [-0.15, -0.1) is 0 Å². The summed E-state index contributed by atoms with van der Waals surface area (Å²) in [5.41, 5.74) is 0.621. The number of carboxylic acids is 1. The van der Waals surface area contributed by atoms with E-state index in [0.717, 1.165) is 0 Å². The van der Waals surface area contributed by atoms with E-state index in [9.17, 15) is 13.2 Å². The summed E-state index contributed by atoms with van der Waals surface area (Å²) in [7, 11) is -3.07. The summed E-state index contributed by atoms with van der Waals surface area (Å²) in [6, 6.07) is 0. The van der Waals surface area contributed by atoms with E-state index in [1.54, 1.807) is 6.92 Å². The second kappa shape index (κ2) is 5.51. The third-order valence-electron chi connectivity index (χ3n) is 2.64. The molecule has 0 radical (unpaired) electrons.